The minimum Gasteiger partial charge on any atom is -0.205 e. The predicted octanol–water partition coefficient (Wildman–Crippen LogP) is 4.84. The van der Waals surface area contributed by atoms with Crippen molar-refractivity contribution in [2.45, 2.75) is 18.2 Å². The maximum atomic E-state index is 13.3. The van der Waals surface area contributed by atoms with Gasteiger partial charge in [-0.2, -0.15) is 0 Å². The van der Waals surface area contributed by atoms with Gasteiger partial charge in [0.05, 0.1) is 9.85 Å². The number of hydrogen-bond donors (Lipinski definition) is 0. The van der Waals surface area contributed by atoms with Gasteiger partial charge < -0.3 is 0 Å². The summed E-state index contributed by atoms with van der Waals surface area (Å²) in [6.45, 7) is 2.06. The summed E-state index contributed by atoms with van der Waals surface area (Å²) in [7, 11) is 0. The lowest BCUT2D eigenvalue weighted by molar-refractivity contribution is 0.629. The molecule has 0 bridgehead atoms. The van der Waals surface area contributed by atoms with E-state index < -0.39 is 5.82 Å². The second kappa shape index (κ2) is 5.42. The first-order valence-electron chi connectivity index (χ1n) is 5.04. The van der Waals surface area contributed by atoms with Crippen LogP contribution in [0.15, 0.2) is 18.2 Å². The van der Waals surface area contributed by atoms with E-state index in [-0.39, 0.29) is 9.85 Å². The van der Waals surface area contributed by atoms with Gasteiger partial charge in [-0.05, 0) is 18.6 Å². The fourth-order valence-corrected chi connectivity index (χ4v) is 2.67. The van der Waals surface area contributed by atoms with Gasteiger partial charge in [-0.1, -0.05) is 51.9 Å². The van der Waals surface area contributed by atoms with Crippen molar-refractivity contribution >= 4 is 38.9 Å². The van der Waals surface area contributed by atoms with E-state index in [1.807, 2.05) is 0 Å². The van der Waals surface area contributed by atoms with Crippen molar-refractivity contribution in [1.29, 1.82) is 0 Å². The van der Waals surface area contributed by atoms with Crippen LogP contribution < -0.4 is 0 Å². The fourth-order valence-electron chi connectivity index (χ4n) is 1.28. The summed E-state index contributed by atoms with van der Waals surface area (Å²) in [5.41, 5.74) is 0.700. The summed E-state index contributed by atoms with van der Waals surface area (Å²) < 4.78 is 13.3. The molecule has 2 rings (SSSR count). The van der Waals surface area contributed by atoms with Crippen molar-refractivity contribution in [3.63, 3.8) is 0 Å². The number of halogens is 3. The molecule has 17 heavy (non-hydrogen) atoms. The Balaban J connectivity index is 2.33. The highest BCUT2D eigenvalue weighted by atomic mass is 79.9. The molecule has 1 atom stereocenters. The molecule has 1 aromatic carbocycles. The zero-order valence-electron chi connectivity index (χ0n) is 8.95. The molecular weight excluding hydrogens is 327 g/mol. The third-order valence-corrected chi connectivity index (χ3v) is 5.01. The van der Waals surface area contributed by atoms with Crippen LogP contribution in [0, 0.1) is 5.82 Å². The topological polar surface area (TPSA) is 25.8 Å². The van der Waals surface area contributed by atoms with Gasteiger partial charge in [0, 0.05) is 5.56 Å². The molecule has 0 saturated heterocycles. The van der Waals surface area contributed by atoms with Gasteiger partial charge in [-0.3, -0.25) is 0 Å². The standard InChI is InChI=1S/C11H9BrClFN2S/c1-2-7(12)11-16-15-10(17-11)6-3-4-8(13)9(14)5-6/h3-5,7H,2H2,1H3. The van der Waals surface area contributed by atoms with Crippen molar-refractivity contribution in [3.8, 4) is 10.6 Å². The quantitative estimate of drug-likeness (QED) is 0.750. The molecule has 2 aromatic rings. The second-order valence-electron chi connectivity index (χ2n) is 3.45. The van der Waals surface area contributed by atoms with Crippen molar-refractivity contribution < 1.29 is 4.39 Å². The molecule has 0 N–H and O–H groups in total. The number of rotatable bonds is 3. The molecule has 0 saturated carbocycles. The molecule has 0 aliphatic rings. The van der Waals surface area contributed by atoms with Crippen molar-refractivity contribution in [1.82, 2.24) is 10.2 Å². The van der Waals surface area contributed by atoms with E-state index >= 15 is 0 Å². The van der Waals surface area contributed by atoms with Crippen molar-refractivity contribution in [3.05, 3.63) is 34.0 Å². The van der Waals surface area contributed by atoms with Gasteiger partial charge in [0.2, 0.25) is 0 Å². The number of benzene rings is 1. The van der Waals surface area contributed by atoms with Gasteiger partial charge >= 0.3 is 0 Å². The SMILES string of the molecule is CCC(Br)c1nnc(-c2ccc(Cl)c(F)c2)s1. The lowest BCUT2D eigenvalue weighted by Crippen LogP contribution is -1.85. The average molecular weight is 336 g/mol. The molecule has 0 fully saturated rings. The number of alkyl halides is 1. The van der Waals surface area contributed by atoms with E-state index in [0.717, 1.165) is 11.4 Å². The summed E-state index contributed by atoms with van der Waals surface area (Å²) in [5.74, 6) is -0.438. The normalized spacial score (nSPS) is 12.7. The molecule has 90 valence electrons. The Hall–Kier alpha value is -0.520. The largest absolute Gasteiger partial charge is 0.205 e. The Morgan fingerprint density at radius 3 is 2.88 bits per heavy atom. The van der Waals surface area contributed by atoms with E-state index in [2.05, 4.69) is 33.1 Å². The first-order valence-corrected chi connectivity index (χ1v) is 7.15. The number of hydrogen-bond acceptors (Lipinski definition) is 3. The average Bonchev–Trinajstić information content (AvgIpc) is 2.81. The molecule has 0 aliphatic heterocycles. The van der Waals surface area contributed by atoms with Crippen LogP contribution in [0.25, 0.3) is 10.6 Å². The van der Waals surface area contributed by atoms with E-state index in [0.29, 0.717) is 10.6 Å². The smallest absolute Gasteiger partial charge is 0.147 e. The monoisotopic (exact) mass is 334 g/mol. The summed E-state index contributed by atoms with van der Waals surface area (Å²) >= 11 is 10.6. The van der Waals surface area contributed by atoms with E-state index in [1.54, 1.807) is 6.07 Å². The molecule has 0 amide bonds. The minimum absolute atomic E-state index is 0.116. The first kappa shape index (κ1) is 12.9. The van der Waals surface area contributed by atoms with Crippen LogP contribution in [-0.2, 0) is 0 Å². The summed E-state index contributed by atoms with van der Waals surface area (Å²) in [5, 5.41) is 9.86. The van der Waals surface area contributed by atoms with Crippen LogP contribution in [0.1, 0.15) is 23.2 Å². The van der Waals surface area contributed by atoms with Crippen LogP contribution >= 0.6 is 38.9 Å². The molecular formula is C11H9BrClFN2S. The molecule has 6 heteroatoms. The first-order chi connectivity index (χ1) is 8.11. The van der Waals surface area contributed by atoms with Crippen LogP contribution in [0.2, 0.25) is 5.02 Å². The maximum absolute atomic E-state index is 13.3. The Labute approximate surface area is 116 Å². The van der Waals surface area contributed by atoms with E-state index in [9.17, 15) is 4.39 Å². The van der Waals surface area contributed by atoms with Crippen LogP contribution in [0.5, 0.6) is 0 Å². The Bertz CT molecular complexity index is 532. The Morgan fingerprint density at radius 2 is 2.24 bits per heavy atom. The van der Waals surface area contributed by atoms with Gasteiger partial charge in [-0.25, -0.2) is 4.39 Å². The predicted molar refractivity (Wildman–Crippen MR) is 72.3 cm³/mol. The zero-order valence-corrected chi connectivity index (χ0v) is 12.1. The molecule has 0 aliphatic carbocycles. The summed E-state index contributed by atoms with van der Waals surface area (Å²) in [6.07, 6.45) is 0.934. The lowest BCUT2D eigenvalue weighted by atomic mass is 10.2. The highest BCUT2D eigenvalue weighted by Crippen LogP contribution is 2.33. The minimum atomic E-state index is -0.438. The van der Waals surface area contributed by atoms with Gasteiger partial charge in [-0.15, -0.1) is 10.2 Å². The van der Waals surface area contributed by atoms with E-state index in [4.69, 9.17) is 11.6 Å². The molecule has 1 aromatic heterocycles. The van der Waals surface area contributed by atoms with E-state index in [1.165, 1.54) is 23.5 Å². The van der Waals surface area contributed by atoms with Gasteiger partial charge in [0.1, 0.15) is 15.8 Å². The lowest BCUT2D eigenvalue weighted by Gasteiger charge is -1.99. The third-order valence-electron chi connectivity index (χ3n) is 2.23. The highest BCUT2D eigenvalue weighted by molar-refractivity contribution is 9.09. The summed E-state index contributed by atoms with van der Waals surface area (Å²) in [4.78, 5) is 0.200. The fraction of sp³-hybridized carbons (Fsp3) is 0.273. The van der Waals surface area contributed by atoms with Gasteiger partial charge in [0.15, 0.2) is 0 Å². The third kappa shape index (κ3) is 2.84. The van der Waals surface area contributed by atoms with Crippen molar-refractivity contribution in [2.75, 3.05) is 0 Å². The Kier molecular flexibility index (Phi) is 4.12. The molecule has 0 spiro atoms. The maximum Gasteiger partial charge on any atom is 0.147 e. The number of nitrogens with zero attached hydrogens (tertiary/aromatic N) is 2. The summed E-state index contributed by atoms with van der Waals surface area (Å²) in [6, 6.07) is 4.64. The molecule has 0 radical (unpaired) electrons. The number of aromatic nitrogens is 2. The van der Waals surface area contributed by atoms with Crippen LogP contribution in [0.3, 0.4) is 0 Å². The highest BCUT2D eigenvalue weighted by Gasteiger charge is 2.13. The Morgan fingerprint density at radius 1 is 1.47 bits per heavy atom. The molecule has 2 nitrogen and oxygen atoms in total. The van der Waals surface area contributed by atoms with Gasteiger partial charge in [0.25, 0.3) is 0 Å². The van der Waals surface area contributed by atoms with Crippen LogP contribution in [0.4, 0.5) is 4.39 Å². The van der Waals surface area contributed by atoms with Crippen molar-refractivity contribution in [2.24, 2.45) is 0 Å². The molecule has 1 unspecified atom stereocenters. The second-order valence-corrected chi connectivity index (χ2v) is 5.97. The van der Waals surface area contributed by atoms with Crippen LogP contribution in [-0.4, -0.2) is 10.2 Å². The molecule has 1 heterocycles. The zero-order chi connectivity index (χ0) is 12.4.